The van der Waals surface area contributed by atoms with Gasteiger partial charge in [0.15, 0.2) is 0 Å². The number of nitrogens with zero attached hydrogens (tertiary/aromatic N) is 4. The smallest absolute Gasteiger partial charge is 0.266 e. The molecule has 0 spiro atoms. The number of ketones is 1. The van der Waals surface area contributed by atoms with Crippen LogP contribution in [0.3, 0.4) is 0 Å². The Morgan fingerprint density at radius 1 is 0.833 bits per heavy atom. The molecule has 0 unspecified atom stereocenters. The van der Waals surface area contributed by atoms with Crippen LogP contribution in [0.2, 0.25) is 0 Å². The summed E-state index contributed by atoms with van der Waals surface area (Å²) in [5, 5.41) is 13.9. The van der Waals surface area contributed by atoms with E-state index in [0.717, 1.165) is 5.56 Å². The maximum Gasteiger partial charge on any atom is 0.266 e. The molecule has 0 saturated carbocycles. The monoisotopic (exact) mass is 469 g/mol. The van der Waals surface area contributed by atoms with E-state index in [9.17, 15) is 14.9 Å². The highest BCUT2D eigenvalue weighted by Gasteiger charge is 2.17. The van der Waals surface area contributed by atoms with E-state index in [0.29, 0.717) is 28.1 Å². The number of aromatic nitrogens is 2. The molecule has 0 fully saturated rings. The summed E-state index contributed by atoms with van der Waals surface area (Å²) < 4.78 is 1.53. The van der Waals surface area contributed by atoms with E-state index < -0.39 is 5.78 Å². The van der Waals surface area contributed by atoms with Crippen molar-refractivity contribution in [2.75, 3.05) is 5.43 Å². The first-order valence-corrected chi connectivity index (χ1v) is 11.2. The summed E-state index contributed by atoms with van der Waals surface area (Å²) in [4.78, 5) is 31.2. The van der Waals surface area contributed by atoms with Crippen molar-refractivity contribution in [3.05, 3.63) is 125 Å². The average molecular weight is 470 g/mol. The van der Waals surface area contributed by atoms with Gasteiger partial charge in [0.05, 0.1) is 22.3 Å². The molecule has 0 bridgehead atoms. The number of fused-ring (bicyclic) bond motifs is 1. The zero-order chi connectivity index (χ0) is 24.9. The highest BCUT2D eigenvalue weighted by molar-refractivity contribution is 6.51. The summed E-state index contributed by atoms with van der Waals surface area (Å²) in [6.07, 6.45) is 0. The standard InChI is InChI=1S/C29H19N5O2/c30-19-26(33-32-22-11-5-2-6-12-22)27(35)20-15-17-23(18-16-20)34-28(21-9-3-1-4-10-21)31-25-14-8-7-13-24(25)29(34)36/h1-18,32H/b33-26+. The van der Waals surface area contributed by atoms with Gasteiger partial charge in [-0.05, 0) is 48.5 Å². The Morgan fingerprint density at radius 3 is 2.17 bits per heavy atom. The topological polar surface area (TPSA) is 100 Å². The van der Waals surface area contributed by atoms with Crippen LogP contribution in [0.4, 0.5) is 5.69 Å². The second-order valence-corrected chi connectivity index (χ2v) is 7.89. The average Bonchev–Trinajstić information content (AvgIpc) is 2.94. The number of nitrogens with one attached hydrogen (secondary N) is 1. The Hall–Kier alpha value is -5.35. The zero-order valence-electron chi connectivity index (χ0n) is 19.0. The van der Waals surface area contributed by atoms with Gasteiger partial charge in [-0.15, -0.1) is 0 Å². The summed E-state index contributed by atoms with van der Waals surface area (Å²) in [6.45, 7) is 0. The van der Waals surface area contributed by atoms with E-state index in [-0.39, 0.29) is 16.8 Å². The largest absolute Gasteiger partial charge is 0.286 e. The second-order valence-electron chi connectivity index (χ2n) is 7.89. The van der Waals surface area contributed by atoms with Crippen LogP contribution in [-0.2, 0) is 0 Å². The number of anilines is 1. The number of carbonyl (C=O) groups excluding carboxylic acids is 1. The molecular weight excluding hydrogens is 450 g/mol. The van der Waals surface area contributed by atoms with Gasteiger partial charge < -0.3 is 0 Å². The number of benzene rings is 4. The fourth-order valence-electron chi connectivity index (χ4n) is 3.81. The van der Waals surface area contributed by atoms with Gasteiger partial charge in [-0.3, -0.25) is 19.6 Å². The van der Waals surface area contributed by atoms with E-state index in [1.165, 1.54) is 4.57 Å². The van der Waals surface area contributed by atoms with Crippen molar-refractivity contribution < 1.29 is 4.79 Å². The third-order valence-corrected chi connectivity index (χ3v) is 5.59. The molecule has 0 atom stereocenters. The molecule has 7 heteroatoms. The number of hydrogen-bond donors (Lipinski definition) is 1. The van der Waals surface area contributed by atoms with Crippen LogP contribution in [-0.4, -0.2) is 21.0 Å². The Bertz CT molecular complexity index is 1680. The minimum atomic E-state index is -0.528. The van der Waals surface area contributed by atoms with Crippen LogP contribution in [0.5, 0.6) is 0 Å². The van der Waals surface area contributed by atoms with Gasteiger partial charge in [-0.2, -0.15) is 10.4 Å². The van der Waals surface area contributed by atoms with Crippen molar-refractivity contribution in [2.24, 2.45) is 5.10 Å². The number of Topliss-reactive ketones (excluding diaryl/α,β-unsaturated/α-hetero) is 1. The maximum atomic E-state index is 13.5. The molecular formula is C29H19N5O2. The van der Waals surface area contributed by atoms with Crippen molar-refractivity contribution in [3.8, 4) is 23.1 Å². The first kappa shape index (κ1) is 22.4. The maximum absolute atomic E-state index is 13.5. The van der Waals surface area contributed by atoms with Crippen molar-refractivity contribution in [1.29, 1.82) is 5.26 Å². The van der Waals surface area contributed by atoms with Gasteiger partial charge in [-0.1, -0.05) is 60.7 Å². The van der Waals surface area contributed by atoms with Gasteiger partial charge in [0.25, 0.3) is 5.56 Å². The normalized spacial score (nSPS) is 11.1. The highest BCUT2D eigenvalue weighted by Crippen LogP contribution is 2.22. The quantitative estimate of drug-likeness (QED) is 0.209. The van der Waals surface area contributed by atoms with E-state index in [2.05, 4.69) is 10.5 Å². The second kappa shape index (κ2) is 9.87. The number of para-hydroxylation sites is 2. The number of rotatable bonds is 6. The van der Waals surface area contributed by atoms with Crippen LogP contribution < -0.4 is 11.0 Å². The van der Waals surface area contributed by atoms with E-state index in [4.69, 9.17) is 4.98 Å². The van der Waals surface area contributed by atoms with E-state index >= 15 is 0 Å². The van der Waals surface area contributed by atoms with E-state index in [1.807, 2.05) is 66.7 Å². The molecule has 4 aromatic carbocycles. The Balaban J connectivity index is 1.54. The van der Waals surface area contributed by atoms with Crippen molar-refractivity contribution >= 4 is 28.1 Å². The number of hydrogen-bond acceptors (Lipinski definition) is 6. The van der Waals surface area contributed by atoms with Gasteiger partial charge in [0.1, 0.15) is 11.9 Å². The number of carbonyl (C=O) groups is 1. The molecule has 7 nitrogen and oxygen atoms in total. The molecule has 1 heterocycles. The molecule has 0 saturated heterocycles. The summed E-state index contributed by atoms with van der Waals surface area (Å²) in [5.74, 6) is -0.0375. The van der Waals surface area contributed by atoms with E-state index in [1.54, 1.807) is 48.5 Å². The third-order valence-electron chi connectivity index (χ3n) is 5.59. The molecule has 172 valence electrons. The molecule has 0 aliphatic rings. The molecule has 0 aliphatic carbocycles. The Labute approximate surface area is 206 Å². The molecule has 0 aliphatic heterocycles. The minimum Gasteiger partial charge on any atom is -0.286 e. The van der Waals surface area contributed by atoms with Crippen LogP contribution >= 0.6 is 0 Å². The highest BCUT2D eigenvalue weighted by atomic mass is 16.1. The van der Waals surface area contributed by atoms with Gasteiger partial charge in [0.2, 0.25) is 11.5 Å². The van der Waals surface area contributed by atoms with Crippen LogP contribution in [0.1, 0.15) is 10.4 Å². The van der Waals surface area contributed by atoms with Crippen molar-refractivity contribution in [1.82, 2.24) is 9.55 Å². The van der Waals surface area contributed by atoms with Crippen LogP contribution in [0.25, 0.3) is 28.0 Å². The zero-order valence-corrected chi connectivity index (χ0v) is 19.0. The lowest BCUT2D eigenvalue weighted by molar-refractivity contribution is 0.106. The Kier molecular flexibility index (Phi) is 6.15. The molecule has 0 amide bonds. The fourth-order valence-corrected chi connectivity index (χ4v) is 3.81. The summed E-state index contributed by atoms with van der Waals surface area (Å²) in [6, 6.07) is 34.0. The summed E-state index contributed by atoms with van der Waals surface area (Å²) >= 11 is 0. The molecule has 5 aromatic rings. The van der Waals surface area contributed by atoms with Gasteiger partial charge in [-0.25, -0.2) is 4.98 Å². The Morgan fingerprint density at radius 2 is 1.47 bits per heavy atom. The minimum absolute atomic E-state index is 0.218. The molecule has 5 rings (SSSR count). The van der Waals surface area contributed by atoms with Crippen molar-refractivity contribution in [2.45, 2.75) is 0 Å². The predicted molar refractivity (Wildman–Crippen MR) is 140 cm³/mol. The first-order valence-electron chi connectivity index (χ1n) is 11.2. The number of nitriles is 1. The first-order chi connectivity index (χ1) is 17.7. The lowest BCUT2D eigenvalue weighted by atomic mass is 10.1. The SMILES string of the molecule is N#C/C(=N\Nc1ccccc1)C(=O)c1ccc(-n2c(-c3ccccc3)nc3ccccc3c2=O)cc1. The summed E-state index contributed by atoms with van der Waals surface area (Å²) in [5.41, 5.74) is 5.10. The van der Waals surface area contributed by atoms with Crippen LogP contribution in [0, 0.1) is 11.3 Å². The van der Waals surface area contributed by atoms with Crippen molar-refractivity contribution in [3.63, 3.8) is 0 Å². The number of hydrazone groups is 1. The lowest BCUT2D eigenvalue weighted by Gasteiger charge is -2.14. The molecule has 36 heavy (non-hydrogen) atoms. The van der Waals surface area contributed by atoms with Gasteiger partial charge >= 0.3 is 0 Å². The molecule has 1 aromatic heterocycles. The molecule has 1 N–H and O–H groups in total. The fraction of sp³-hybridized carbons (Fsp3) is 0. The summed E-state index contributed by atoms with van der Waals surface area (Å²) in [7, 11) is 0. The predicted octanol–water partition coefficient (Wildman–Crippen LogP) is 5.23. The third kappa shape index (κ3) is 4.39. The lowest BCUT2D eigenvalue weighted by Crippen LogP contribution is -2.22. The van der Waals surface area contributed by atoms with Crippen LogP contribution in [0.15, 0.2) is 119 Å². The molecule has 0 radical (unpaired) electrons. The van der Waals surface area contributed by atoms with Gasteiger partial charge in [0, 0.05) is 11.1 Å².